The van der Waals surface area contributed by atoms with Crippen LogP contribution in [0.4, 0.5) is 11.4 Å². The number of nitro benzene ring substituents is 1. The quantitative estimate of drug-likeness (QED) is 0.301. The van der Waals surface area contributed by atoms with Gasteiger partial charge in [-0.05, 0) is 29.7 Å². The molecule has 0 N–H and O–H groups in total. The summed E-state index contributed by atoms with van der Waals surface area (Å²) in [6.45, 7) is 1.82. The van der Waals surface area contributed by atoms with Crippen LogP contribution in [0, 0.1) is 22.0 Å². The number of non-ortho nitro benzene ring substituents is 1. The molecule has 0 saturated heterocycles. The Morgan fingerprint density at radius 3 is 2.43 bits per heavy atom. The van der Waals surface area contributed by atoms with Crippen molar-refractivity contribution in [2.24, 2.45) is 11.8 Å². The Labute approximate surface area is 213 Å². The van der Waals surface area contributed by atoms with Crippen molar-refractivity contribution in [2.75, 3.05) is 18.6 Å². The molecule has 1 saturated carbocycles. The highest BCUT2D eigenvalue weighted by atomic mass is 16.6. The fourth-order valence-electron chi connectivity index (χ4n) is 7.12. The van der Waals surface area contributed by atoms with Gasteiger partial charge in [-0.2, -0.15) is 0 Å². The van der Waals surface area contributed by atoms with Crippen molar-refractivity contribution in [3.63, 3.8) is 0 Å². The van der Waals surface area contributed by atoms with Crippen LogP contribution in [0.1, 0.15) is 45.8 Å². The zero-order valence-electron chi connectivity index (χ0n) is 20.3. The van der Waals surface area contributed by atoms with Gasteiger partial charge in [-0.3, -0.25) is 24.5 Å². The molecule has 186 valence electrons. The van der Waals surface area contributed by atoms with Gasteiger partial charge in [-0.15, -0.1) is 0 Å². The molecule has 8 heteroatoms. The maximum absolute atomic E-state index is 14.4. The number of esters is 1. The predicted molar refractivity (Wildman–Crippen MR) is 134 cm³/mol. The molecule has 3 aromatic rings. The number of ether oxygens (including phenoxy) is 1. The Hall–Kier alpha value is -4.33. The molecule has 0 radical (unpaired) electrons. The summed E-state index contributed by atoms with van der Waals surface area (Å²) in [4.78, 5) is 54.9. The van der Waals surface area contributed by atoms with Gasteiger partial charge in [0.1, 0.15) is 0 Å². The van der Waals surface area contributed by atoms with Gasteiger partial charge in [0.05, 0.1) is 22.9 Å². The highest BCUT2D eigenvalue weighted by Crippen LogP contribution is 2.70. The molecule has 1 amide bonds. The molecule has 0 bridgehead atoms. The Balaban J connectivity index is 1.70. The summed E-state index contributed by atoms with van der Waals surface area (Å²) in [5.41, 5.74) is 1.38. The summed E-state index contributed by atoms with van der Waals surface area (Å²) >= 11 is 0. The van der Waals surface area contributed by atoms with Crippen LogP contribution < -0.4 is 4.90 Å². The molecular formula is C29H24N2O6. The number of carbonyl (C=O) groups is 3. The van der Waals surface area contributed by atoms with Crippen LogP contribution in [0.25, 0.3) is 0 Å². The molecule has 5 unspecified atom stereocenters. The van der Waals surface area contributed by atoms with Gasteiger partial charge in [-0.25, -0.2) is 0 Å². The number of fused-ring (bicyclic) bond motifs is 5. The molecule has 1 fully saturated rings. The molecule has 1 heterocycles. The van der Waals surface area contributed by atoms with Crippen molar-refractivity contribution in [1.29, 1.82) is 0 Å². The number of rotatable bonds is 4. The number of amides is 1. The Morgan fingerprint density at radius 1 is 1.03 bits per heavy atom. The lowest BCUT2D eigenvalue weighted by molar-refractivity contribution is -0.384. The van der Waals surface area contributed by atoms with E-state index in [1.165, 1.54) is 12.1 Å². The van der Waals surface area contributed by atoms with Gasteiger partial charge in [0.25, 0.3) is 5.69 Å². The molecule has 5 atom stereocenters. The highest BCUT2D eigenvalue weighted by Gasteiger charge is 2.74. The van der Waals surface area contributed by atoms with Gasteiger partial charge in [0, 0.05) is 48.2 Å². The van der Waals surface area contributed by atoms with E-state index in [0.717, 1.165) is 5.56 Å². The molecule has 1 spiro atoms. The number of Topliss-reactive ketones (excluding diaryl/α,β-unsaturated/α-hetero) is 1. The van der Waals surface area contributed by atoms with E-state index in [2.05, 4.69) is 0 Å². The Bertz CT molecular complexity index is 1480. The number of nitrogens with zero attached hydrogens (tertiary/aromatic N) is 2. The second kappa shape index (κ2) is 8.09. The van der Waals surface area contributed by atoms with E-state index in [1.807, 2.05) is 54.6 Å². The topological polar surface area (TPSA) is 107 Å². The first-order chi connectivity index (χ1) is 17.8. The SMILES string of the molecule is CCOC(=O)C1C2c3ccc([N+](=O)[O-])cc3C(=O)C2C(c2ccccc2)C12C(=O)N(C)c1ccccc12. The van der Waals surface area contributed by atoms with Gasteiger partial charge in [0.2, 0.25) is 5.91 Å². The second-order valence-corrected chi connectivity index (χ2v) is 9.81. The average Bonchev–Trinajstić information content (AvgIpc) is 3.46. The maximum atomic E-state index is 14.4. The molecule has 2 aliphatic carbocycles. The van der Waals surface area contributed by atoms with Gasteiger partial charge in [0.15, 0.2) is 5.78 Å². The minimum atomic E-state index is -1.37. The van der Waals surface area contributed by atoms with Crippen molar-refractivity contribution in [1.82, 2.24) is 0 Å². The first-order valence-electron chi connectivity index (χ1n) is 12.3. The molecule has 3 aromatic carbocycles. The average molecular weight is 497 g/mol. The van der Waals surface area contributed by atoms with Crippen molar-refractivity contribution >= 4 is 29.0 Å². The fourth-order valence-corrected chi connectivity index (χ4v) is 7.12. The number of hydrogen-bond acceptors (Lipinski definition) is 6. The summed E-state index contributed by atoms with van der Waals surface area (Å²) < 4.78 is 5.59. The van der Waals surface area contributed by atoms with Crippen LogP contribution in [0.3, 0.4) is 0 Å². The lowest BCUT2D eigenvalue weighted by Crippen LogP contribution is -2.49. The number of hydrogen-bond donors (Lipinski definition) is 0. The maximum Gasteiger partial charge on any atom is 0.311 e. The van der Waals surface area contributed by atoms with Crippen molar-refractivity contribution in [2.45, 2.75) is 24.2 Å². The van der Waals surface area contributed by atoms with Gasteiger partial charge >= 0.3 is 5.97 Å². The van der Waals surface area contributed by atoms with Crippen LogP contribution in [-0.2, 0) is 19.7 Å². The van der Waals surface area contributed by atoms with Crippen LogP contribution in [-0.4, -0.2) is 36.2 Å². The first kappa shape index (κ1) is 23.1. The van der Waals surface area contributed by atoms with E-state index >= 15 is 0 Å². The summed E-state index contributed by atoms with van der Waals surface area (Å²) in [6, 6.07) is 20.9. The summed E-state index contributed by atoms with van der Waals surface area (Å²) in [5, 5.41) is 11.5. The minimum Gasteiger partial charge on any atom is -0.466 e. The third-order valence-corrected chi connectivity index (χ3v) is 8.33. The zero-order chi connectivity index (χ0) is 26.1. The van der Waals surface area contributed by atoms with Crippen LogP contribution in [0.5, 0.6) is 0 Å². The smallest absolute Gasteiger partial charge is 0.311 e. The first-order valence-corrected chi connectivity index (χ1v) is 12.3. The molecule has 1 aliphatic heterocycles. The molecular weight excluding hydrogens is 472 g/mol. The van der Waals surface area contributed by atoms with E-state index < -0.39 is 40.0 Å². The summed E-state index contributed by atoms with van der Waals surface area (Å²) in [7, 11) is 1.69. The molecule has 8 nitrogen and oxygen atoms in total. The standard InChI is InChI=1S/C29H24N2O6/c1-3-37-27(33)25-22-18-14-13-17(31(35)36)15-19(18)26(32)23(22)24(16-9-5-4-6-10-16)29(25)20-11-7-8-12-21(20)30(2)28(29)34/h4-15,22-25H,3H2,1-2H3. The van der Waals surface area contributed by atoms with Gasteiger partial charge in [-0.1, -0.05) is 54.6 Å². The molecule has 0 aromatic heterocycles. The number of likely N-dealkylation sites (N-methyl/N-ethyl adjacent to an activating group) is 1. The normalized spacial score (nSPS) is 27.2. The van der Waals surface area contributed by atoms with Crippen molar-refractivity contribution in [3.8, 4) is 0 Å². The van der Waals surface area contributed by atoms with E-state index in [0.29, 0.717) is 16.8 Å². The van der Waals surface area contributed by atoms with Crippen LogP contribution in [0.2, 0.25) is 0 Å². The number of benzene rings is 3. The van der Waals surface area contributed by atoms with E-state index in [1.54, 1.807) is 24.9 Å². The number of para-hydroxylation sites is 1. The summed E-state index contributed by atoms with van der Waals surface area (Å²) in [6.07, 6.45) is 0. The highest BCUT2D eigenvalue weighted by molar-refractivity contribution is 6.15. The fraction of sp³-hybridized carbons (Fsp3) is 0.276. The van der Waals surface area contributed by atoms with Gasteiger partial charge < -0.3 is 9.64 Å². The predicted octanol–water partition coefficient (Wildman–Crippen LogP) is 4.38. The largest absolute Gasteiger partial charge is 0.466 e. The van der Waals surface area contributed by atoms with Crippen molar-refractivity contribution < 1.29 is 24.0 Å². The number of nitro groups is 1. The number of anilines is 1. The van der Waals surface area contributed by atoms with E-state index in [9.17, 15) is 24.5 Å². The zero-order valence-corrected chi connectivity index (χ0v) is 20.3. The second-order valence-electron chi connectivity index (χ2n) is 9.81. The Morgan fingerprint density at radius 2 is 1.73 bits per heavy atom. The molecule has 6 rings (SSSR count). The monoisotopic (exact) mass is 496 g/mol. The third kappa shape index (κ3) is 2.86. The lowest BCUT2D eigenvalue weighted by Gasteiger charge is -2.36. The lowest BCUT2D eigenvalue weighted by atomic mass is 9.63. The van der Waals surface area contributed by atoms with Crippen LogP contribution >= 0.6 is 0 Å². The van der Waals surface area contributed by atoms with E-state index in [-0.39, 0.29) is 29.5 Å². The number of ketones is 1. The third-order valence-electron chi connectivity index (χ3n) is 8.33. The van der Waals surface area contributed by atoms with Crippen LogP contribution in [0.15, 0.2) is 72.8 Å². The molecule has 3 aliphatic rings. The summed E-state index contributed by atoms with van der Waals surface area (Å²) in [5.74, 6) is -4.20. The molecule has 37 heavy (non-hydrogen) atoms. The minimum absolute atomic E-state index is 0.117. The van der Waals surface area contributed by atoms with Crippen molar-refractivity contribution in [3.05, 3.63) is 105 Å². The van der Waals surface area contributed by atoms with E-state index in [4.69, 9.17) is 4.74 Å². The Kier molecular flexibility index (Phi) is 5.05. The number of carbonyl (C=O) groups excluding carboxylic acids is 3.